The van der Waals surface area contributed by atoms with Crippen molar-refractivity contribution in [3.05, 3.63) is 61.1 Å². The van der Waals surface area contributed by atoms with Gasteiger partial charge in [0.25, 0.3) is 0 Å². The van der Waals surface area contributed by atoms with Crippen LogP contribution in [0.1, 0.15) is 46.5 Å². The molecule has 7 nitrogen and oxygen atoms in total. The molecule has 0 saturated heterocycles. The van der Waals surface area contributed by atoms with Gasteiger partial charge in [0.1, 0.15) is 11.4 Å². The van der Waals surface area contributed by atoms with E-state index in [-0.39, 0.29) is 6.03 Å². The number of carbonyl (C=O) groups is 1. The molecule has 188 valence electrons. The van der Waals surface area contributed by atoms with E-state index in [1.54, 1.807) is 0 Å². The third-order valence-corrected chi connectivity index (χ3v) is 5.93. The number of hydrogen-bond donors (Lipinski definition) is 2. The van der Waals surface area contributed by atoms with E-state index in [4.69, 9.17) is 4.74 Å². The highest BCUT2D eigenvalue weighted by Gasteiger charge is 2.16. The van der Waals surface area contributed by atoms with E-state index in [0.717, 1.165) is 67.9 Å². The third kappa shape index (κ3) is 7.77. The summed E-state index contributed by atoms with van der Waals surface area (Å²) >= 11 is 0. The number of anilines is 2. The van der Waals surface area contributed by atoms with Crippen LogP contribution < -0.4 is 20.3 Å². The van der Waals surface area contributed by atoms with Gasteiger partial charge >= 0.3 is 6.03 Å². The molecule has 2 aromatic carbocycles. The number of amides is 2. The van der Waals surface area contributed by atoms with Crippen molar-refractivity contribution < 1.29 is 9.53 Å². The first-order valence-corrected chi connectivity index (χ1v) is 12.8. The fourth-order valence-electron chi connectivity index (χ4n) is 4.00. The fourth-order valence-corrected chi connectivity index (χ4v) is 4.00. The van der Waals surface area contributed by atoms with Crippen molar-refractivity contribution in [1.82, 2.24) is 14.9 Å². The maximum Gasteiger partial charge on any atom is 0.319 e. The summed E-state index contributed by atoms with van der Waals surface area (Å²) in [4.78, 5) is 19.3. The minimum atomic E-state index is -0.197. The summed E-state index contributed by atoms with van der Waals surface area (Å²) in [7, 11) is 0. The lowest BCUT2D eigenvalue weighted by atomic mass is 10.2. The molecule has 0 atom stereocenters. The van der Waals surface area contributed by atoms with Crippen molar-refractivity contribution in [2.24, 2.45) is 0 Å². The standard InChI is InChI=1S/C28H39N5O2/c1-4-7-11-18-29-28(34)31-27-25(33(5-2)6-3)16-12-17-26(27)35-20-13-19-32-21-24(30-22-32)23-14-9-8-10-15-23/h8-10,12,14-17,21-22H,4-7,11,13,18-20H2,1-3H3,(H2,29,31,34). The molecule has 2 amide bonds. The highest BCUT2D eigenvalue weighted by molar-refractivity contribution is 5.95. The number of benzene rings is 2. The Hall–Kier alpha value is -3.48. The Morgan fingerprint density at radius 3 is 2.54 bits per heavy atom. The van der Waals surface area contributed by atoms with Crippen LogP contribution in [0.25, 0.3) is 11.3 Å². The molecule has 0 spiro atoms. The Labute approximate surface area is 209 Å². The van der Waals surface area contributed by atoms with Crippen LogP contribution in [0.3, 0.4) is 0 Å². The summed E-state index contributed by atoms with van der Waals surface area (Å²) in [5, 5.41) is 6.02. The average molecular weight is 478 g/mol. The van der Waals surface area contributed by atoms with Crippen molar-refractivity contribution in [2.75, 3.05) is 36.5 Å². The van der Waals surface area contributed by atoms with Gasteiger partial charge in [-0.3, -0.25) is 0 Å². The van der Waals surface area contributed by atoms with E-state index in [1.165, 1.54) is 0 Å². The second-order valence-electron chi connectivity index (χ2n) is 8.48. The number of nitrogens with one attached hydrogen (secondary N) is 2. The number of rotatable bonds is 14. The van der Waals surface area contributed by atoms with Gasteiger partial charge in [-0.25, -0.2) is 9.78 Å². The van der Waals surface area contributed by atoms with E-state index >= 15 is 0 Å². The van der Waals surface area contributed by atoms with Crippen molar-refractivity contribution in [1.29, 1.82) is 0 Å². The first kappa shape index (κ1) is 26.1. The number of nitrogens with zero attached hydrogens (tertiary/aromatic N) is 3. The normalized spacial score (nSPS) is 10.7. The molecule has 0 unspecified atom stereocenters. The zero-order valence-corrected chi connectivity index (χ0v) is 21.3. The molecule has 0 bridgehead atoms. The predicted molar refractivity (Wildman–Crippen MR) is 144 cm³/mol. The number of aryl methyl sites for hydroxylation is 1. The molecule has 1 aromatic heterocycles. The van der Waals surface area contributed by atoms with Gasteiger partial charge in [-0.15, -0.1) is 0 Å². The SMILES string of the molecule is CCCCCNC(=O)Nc1c(OCCCn2cnc(-c3ccccc3)c2)cccc1N(CC)CC. The summed E-state index contributed by atoms with van der Waals surface area (Å²) in [6.45, 7) is 10.1. The van der Waals surface area contributed by atoms with Crippen molar-refractivity contribution in [3.63, 3.8) is 0 Å². The van der Waals surface area contributed by atoms with E-state index in [1.807, 2.05) is 42.7 Å². The summed E-state index contributed by atoms with van der Waals surface area (Å²) in [6, 6.07) is 15.9. The lowest BCUT2D eigenvalue weighted by Crippen LogP contribution is -2.31. The van der Waals surface area contributed by atoms with Crippen LogP contribution in [0.5, 0.6) is 5.75 Å². The minimum absolute atomic E-state index is 0.197. The molecule has 2 N–H and O–H groups in total. The largest absolute Gasteiger partial charge is 0.491 e. The van der Waals surface area contributed by atoms with E-state index in [2.05, 4.69) is 64.2 Å². The Balaban J connectivity index is 1.62. The number of aromatic nitrogens is 2. The molecule has 0 saturated carbocycles. The van der Waals surface area contributed by atoms with Crippen LogP contribution in [0.15, 0.2) is 61.1 Å². The van der Waals surface area contributed by atoms with Crippen LogP contribution in [0, 0.1) is 0 Å². The summed E-state index contributed by atoms with van der Waals surface area (Å²) < 4.78 is 8.26. The van der Waals surface area contributed by atoms with Crippen molar-refractivity contribution in [2.45, 2.75) is 53.0 Å². The Kier molecular flexibility index (Phi) is 10.5. The van der Waals surface area contributed by atoms with Gasteiger partial charge in [-0.1, -0.05) is 56.2 Å². The molecule has 0 aliphatic carbocycles. The van der Waals surface area contributed by atoms with Crippen molar-refractivity contribution >= 4 is 17.4 Å². The van der Waals surface area contributed by atoms with Crippen LogP contribution in [-0.2, 0) is 6.54 Å². The van der Waals surface area contributed by atoms with Gasteiger partial charge in [0, 0.05) is 37.9 Å². The number of imidazole rings is 1. The fraction of sp³-hybridized carbons (Fsp3) is 0.429. The molecular formula is C28H39N5O2. The van der Waals surface area contributed by atoms with Crippen LogP contribution in [-0.4, -0.2) is 41.8 Å². The van der Waals surface area contributed by atoms with Gasteiger partial charge in [-0.05, 0) is 38.8 Å². The van der Waals surface area contributed by atoms with Gasteiger partial charge < -0.3 is 24.8 Å². The van der Waals surface area contributed by atoms with E-state index in [9.17, 15) is 4.79 Å². The molecule has 0 aliphatic heterocycles. The zero-order chi connectivity index (χ0) is 24.9. The van der Waals surface area contributed by atoms with Crippen LogP contribution >= 0.6 is 0 Å². The van der Waals surface area contributed by atoms with Crippen LogP contribution in [0.2, 0.25) is 0 Å². The molecule has 7 heteroatoms. The Bertz CT molecular complexity index is 1030. The average Bonchev–Trinajstić information content (AvgIpc) is 3.36. The predicted octanol–water partition coefficient (Wildman–Crippen LogP) is 6.18. The first-order valence-electron chi connectivity index (χ1n) is 12.8. The molecule has 1 heterocycles. The van der Waals surface area contributed by atoms with E-state index < -0.39 is 0 Å². The number of unbranched alkanes of at least 4 members (excludes halogenated alkanes) is 2. The Morgan fingerprint density at radius 1 is 1.00 bits per heavy atom. The van der Waals surface area contributed by atoms with Gasteiger partial charge in [0.2, 0.25) is 0 Å². The summed E-state index contributed by atoms with van der Waals surface area (Å²) in [5.74, 6) is 0.689. The summed E-state index contributed by atoms with van der Waals surface area (Å²) in [5.41, 5.74) is 3.77. The van der Waals surface area contributed by atoms with E-state index in [0.29, 0.717) is 18.9 Å². The highest BCUT2D eigenvalue weighted by Crippen LogP contribution is 2.35. The number of ether oxygens (including phenoxy) is 1. The molecule has 0 aliphatic rings. The second kappa shape index (κ2) is 14.0. The van der Waals surface area contributed by atoms with Gasteiger partial charge in [0.15, 0.2) is 0 Å². The van der Waals surface area contributed by atoms with Crippen LogP contribution in [0.4, 0.5) is 16.2 Å². The Morgan fingerprint density at radius 2 is 1.80 bits per heavy atom. The number of para-hydroxylation sites is 1. The lowest BCUT2D eigenvalue weighted by molar-refractivity contribution is 0.251. The second-order valence-corrected chi connectivity index (χ2v) is 8.48. The monoisotopic (exact) mass is 477 g/mol. The quantitative estimate of drug-likeness (QED) is 0.272. The van der Waals surface area contributed by atoms with Gasteiger partial charge in [0.05, 0.1) is 24.3 Å². The highest BCUT2D eigenvalue weighted by atomic mass is 16.5. The van der Waals surface area contributed by atoms with Gasteiger partial charge in [-0.2, -0.15) is 0 Å². The molecule has 3 aromatic rings. The van der Waals surface area contributed by atoms with Crippen molar-refractivity contribution in [3.8, 4) is 17.0 Å². The molecule has 35 heavy (non-hydrogen) atoms. The maximum atomic E-state index is 12.6. The molecule has 0 radical (unpaired) electrons. The topological polar surface area (TPSA) is 71.4 Å². The first-order chi connectivity index (χ1) is 17.2. The number of urea groups is 1. The molecular weight excluding hydrogens is 438 g/mol. The number of carbonyl (C=O) groups excluding carboxylic acids is 1. The third-order valence-electron chi connectivity index (χ3n) is 5.93. The summed E-state index contributed by atoms with van der Waals surface area (Å²) in [6.07, 6.45) is 7.95. The zero-order valence-electron chi connectivity index (χ0n) is 21.3. The minimum Gasteiger partial charge on any atom is -0.491 e. The number of hydrogen-bond acceptors (Lipinski definition) is 4. The lowest BCUT2D eigenvalue weighted by Gasteiger charge is -2.26. The smallest absolute Gasteiger partial charge is 0.319 e. The molecule has 3 rings (SSSR count). The molecule has 0 fully saturated rings. The maximum absolute atomic E-state index is 12.6.